The molecule has 5 N–H and O–H groups in total. The van der Waals surface area contributed by atoms with Crippen LogP contribution in [-0.2, 0) is 27.4 Å². The number of nitrogens with two attached hydrogens (primary N) is 1. The molecule has 34 heavy (non-hydrogen) atoms. The van der Waals surface area contributed by atoms with Crippen molar-refractivity contribution in [1.29, 1.82) is 0 Å². The Hall–Kier alpha value is -2.88. The minimum absolute atomic E-state index is 0.0391. The number of rotatable bonds is 11. The second-order valence-corrected chi connectivity index (χ2v) is 8.80. The fourth-order valence-electron chi connectivity index (χ4n) is 4.03. The van der Waals surface area contributed by atoms with Crippen LogP contribution >= 0.6 is 0 Å². The molecule has 1 saturated heterocycles. The van der Waals surface area contributed by atoms with Gasteiger partial charge in [0.2, 0.25) is 11.8 Å². The Bertz CT molecular complexity index is 956. The standard InChI is InChI=1S/C25H31F2N3O4/c1-15(34-14-16-5-3-2-4-6-16)7-21(28)24(32)22(10-17-8-19(26)12-20(27)9-17)30-25(33)18-11-23(31)29-13-18/h2-6,8-9,12,15,18,21-22,24,32H,7,10-11,13-14,28H2,1H3,(H,29,31)(H,30,33). The number of carbonyl (C=O) groups is 2. The van der Waals surface area contributed by atoms with E-state index >= 15 is 0 Å². The summed E-state index contributed by atoms with van der Waals surface area (Å²) >= 11 is 0. The predicted octanol–water partition coefficient (Wildman–Crippen LogP) is 1.81. The van der Waals surface area contributed by atoms with Crippen LogP contribution in [-0.4, -0.2) is 47.8 Å². The molecular weight excluding hydrogens is 444 g/mol. The van der Waals surface area contributed by atoms with Crippen molar-refractivity contribution in [2.45, 2.75) is 57.1 Å². The zero-order valence-corrected chi connectivity index (χ0v) is 19.0. The highest BCUT2D eigenvalue weighted by Crippen LogP contribution is 2.17. The SMILES string of the molecule is CC(CC(N)C(O)C(Cc1cc(F)cc(F)c1)NC(=O)C1CNC(=O)C1)OCc1ccccc1. The van der Waals surface area contributed by atoms with E-state index in [2.05, 4.69) is 10.6 Å². The number of benzene rings is 2. The molecule has 1 fully saturated rings. The molecule has 5 atom stereocenters. The number of halogens is 2. The molecular formula is C25H31F2N3O4. The van der Waals surface area contributed by atoms with E-state index < -0.39 is 41.6 Å². The van der Waals surface area contributed by atoms with Crippen molar-refractivity contribution in [3.05, 3.63) is 71.3 Å². The second-order valence-electron chi connectivity index (χ2n) is 8.80. The van der Waals surface area contributed by atoms with Gasteiger partial charge in [-0.05, 0) is 43.0 Å². The molecule has 1 heterocycles. The quantitative estimate of drug-likeness (QED) is 0.396. The molecule has 2 aromatic rings. The van der Waals surface area contributed by atoms with Crippen LogP contribution in [0.15, 0.2) is 48.5 Å². The molecule has 7 nitrogen and oxygen atoms in total. The summed E-state index contributed by atoms with van der Waals surface area (Å²) in [5.41, 5.74) is 7.52. The van der Waals surface area contributed by atoms with Crippen LogP contribution in [0.25, 0.3) is 0 Å². The molecule has 0 aromatic heterocycles. The normalized spacial score (nSPS) is 19.2. The zero-order chi connectivity index (χ0) is 24.7. The van der Waals surface area contributed by atoms with Crippen LogP contribution in [0.3, 0.4) is 0 Å². The number of carbonyl (C=O) groups excluding carboxylic acids is 2. The smallest absolute Gasteiger partial charge is 0.225 e. The summed E-state index contributed by atoms with van der Waals surface area (Å²) in [7, 11) is 0. The van der Waals surface area contributed by atoms with Crippen molar-refractivity contribution in [2.24, 2.45) is 11.7 Å². The number of aliphatic hydroxyl groups excluding tert-OH is 1. The summed E-state index contributed by atoms with van der Waals surface area (Å²) in [5.74, 6) is -2.76. The van der Waals surface area contributed by atoms with Gasteiger partial charge < -0.3 is 26.2 Å². The van der Waals surface area contributed by atoms with Gasteiger partial charge in [-0.1, -0.05) is 30.3 Å². The van der Waals surface area contributed by atoms with Gasteiger partial charge in [0.1, 0.15) is 11.6 Å². The molecule has 3 rings (SSSR count). The summed E-state index contributed by atoms with van der Waals surface area (Å²) in [6.07, 6.45) is -1.21. The number of amides is 2. The molecule has 9 heteroatoms. The van der Waals surface area contributed by atoms with Crippen molar-refractivity contribution >= 4 is 11.8 Å². The van der Waals surface area contributed by atoms with Crippen LogP contribution in [0.4, 0.5) is 8.78 Å². The minimum Gasteiger partial charge on any atom is -0.389 e. The molecule has 1 aliphatic heterocycles. The first-order chi connectivity index (χ1) is 16.2. The van der Waals surface area contributed by atoms with Gasteiger partial charge in [-0.2, -0.15) is 0 Å². The Balaban J connectivity index is 1.65. The summed E-state index contributed by atoms with van der Waals surface area (Å²) in [4.78, 5) is 24.2. The van der Waals surface area contributed by atoms with Crippen LogP contribution in [0.1, 0.15) is 30.9 Å². The van der Waals surface area contributed by atoms with Crippen molar-refractivity contribution in [2.75, 3.05) is 6.54 Å². The van der Waals surface area contributed by atoms with E-state index in [9.17, 15) is 23.5 Å². The van der Waals surface area contributed by atoms with Crippen LogP contribution < -0.4 is 16.4 Å². The number of nitrogens with one attached hydrogen (secondary N) is 2. The molecule has 2 aromatic carbocycles. The fourth-order valence-corrected chi connectivity index (χ4v) is 4.03. The lowest BCUT2D eigenvalue weighted by Gasteiger charge is -2.30. The van der Waals surface area contributed by atoms with Crippen molar-refractivity contribution in [3.63, 3.8) is 0 Å². The average molecular weight is 476 g/mol. The lowest BCUT2D eigenvalue weighted by Crippen LogP contribution is -2.54. The van der Waals surface area contributed by atoms with Gasteiger partial charge in [0.05, 0.1) is 30.8 Å². The van der Waals surface area contributed by atoms with Gasteiger partial charge in [-0.3, -0.25) is 9.59 Å². The third-order valence-electron chi connectivity index (χ3n) is 5.89. The van der Waals surface area contributed by atoms with E-state index in [1.807, 2.05) is 37.3 Å². The van der Waals surface area contributed by atoms with E-state index in [4.69, 9.17) is 10.5 Å². The molecule has 5 unspecified atom stereocenters. The van der Waals surface area contributed by atoms with Gasteiger partial charge in [0, 0.05) is 25.1 Å². The van der Waals surface area contributed by atoms with Crippen LogP contribution in [0.2, 0.25) is 0 Å². The van der Waals surface area contributed by atoms with Crippen molar-refractivity contribution < 1.29 is 28.2 Å². The Labute approximate surface area is 197 Å². The van der Waals surface area contributed by atoms with Crippen LogP contribution in [0, 0.1) is 17.6 Å². The number of hydrogen-bond acceptors (Lipinski definition) is 5. The highest BCUT2D eigenvalue weighted by Gasteiger charge is 2.33. The highest BCUT2D eigenvalue weighted by molar-refractivity contribution is 5.89. The van der Waals surface area contributed by atoms with Gasteiger partial charge in [0.15, 0.2) is 0 Å². The summed E-state index contributed by atoms with van der Waals surface area (Å²) in [6, 6.07) is 11.0. The first kappa shape index (κ1) is 25.7. The summed E-state index contributed by atoms with van der Waals surface area (Å²) in [6.45, 7) is 2.41. The number of aliphatic hydroxyl groups is 1. The third kappa shape index (κ3) is 7.58. The topological polar surface area (TPSA) is 114 Å². The Morgan fingerprint density at radius 1 is 1.21 bits per heavy atom. The van der Waals surface area contributed by atoms with Gasteiger partial charge in [0.25, 0.3) is 0 Å². The summed E-state index contributed by atoms with van der Waals surface area (Å²) < 4.78 is 33.2. The van der Waals surface area contributed by atoms with E-state index in [1.165, 1.54) is 0 Å². The zero-order valence-electron chi connectivity index (χ0n) is 19.0. The lowest BCUT2D eigenvalue weighted by atomic mass is 9.93. The van der Waals surface area contributed by atoms with E-state index in [0.717, 1.165) is 23.8 Å². The predicted molar refractivity (Wildman–Crippen MR) is 122 cm³/mol. The van der Waals surface area contributed by atoms with E-state index in [1.54, 1.807) is 0 Å². The second kappa shape index (κ2) is 12.0. The van der Waals surface area contributed by atoms with E-state index in [0.29, 0.717) is 13.0 Å². The van der Waals surface area contributed by atoms with Gasteiger partial charge >= 0.3 is 0 Å². The average Bonchev–Trinajstić information content (AvgIpc) is 3.23. The number of hydrogen-bond donors (Lipinski definition) is 4. The molecule has 0 bridgehead atoms. The highest BCUT2D eigenvalue weighted by atomic mass is 19.1. The Morgan fingerprint density at radius 2 is 1.88 bits per heavy atom. The van der Waals surface area contributed by atoms with Crippen LogP contribution in [0.5, 0.6) is 0 Å². The third-order valence-corrected chi connectivity index (χ3v) is 5.89. The maximum atomic E-state index is 13.7. The van der Waals surface area contributed by atoms with E-state index in [-0.39, 0.29) is 37.0 Å². The summed E-state index contributed by atoms with van der Waals surface area (Å²) in [5, 5.41) is 16.3. The largest absolute Gasteiger partial charge is 0.389 e. The Morgan fingerprint density at radius 3 is 2.50 bits per heavy atom. The van der Waals surface area contributed by atoms with Gasteiger partial charge in [-0.15, -0.1) is 0 Å². The maximum absolute atomic E-state index is 13.7. The van der Waals surface area contributed by atoms with Gasteiger partial charge in [-0.25, -0.2) is 8.78 Å². The first-order valence-electron chi connectivity index (χ1n) is 11.3. The molecule has 184 valence electrons. The monoisotopic (exact) mass is 475 g/mol. The Kier molecular flexibility index (Phi) is 9.09. The molecule has 0 saturated carbocycles. The van der Waals surface area contributed by atoms with Crippen molar-refractivity contribution in [1.82, 2.24) is 10.6 Å². The molecule has 2 amide bonds. The minimum atomic E-state index is -1.22. The molecule has 0 radical (unpaired) electrons. The first-order valence-corrected chi connectivity index (χ1v) is 11.3. The maximum Gasteiger partial charge on any atom is 0.225 e. The number of ether oxygens (including phenoxy) is 1. The molecule has 0 spiro atoms. The van der Waals surface area contributed by atoms with Crippen molar-refractivity contribution in [3.8, 4) is 0 Å². The lowest BCUT2D eigenvalue weighted by molar-refractivity contribution is -0.127. The fraction of sp³-hybridized carbons (Fsp3) is 0.440. The molecule has 0 aliphatic carbocycles. The molecule has 1 aliphatic rings.